The Morgan fingerprint density at radius 1 is 1.03 bits per heavy atom. The van der Waals surface area contributed by atoms with Gasteiger partial charge in [0.2, 0.25) is 21.8 Å². The Balaban J connectivity index is 1.67. The van der Waals surface area contributed by atoms with Gasteiger partial charge in [-0.15, -0.1) is 11.3 Å². The smallest absolute Gasteiger partial charge is 0.242 e. The van der Waals surface area contributed by atoms with Crippen molar-refractivity contribution in [1.29, 1.82) is 0 Å². The molecule has 1 atom stereocenters. The summed E-state index contributed by atoms with van der Waals surface area (Å²) < 4.78 is 28.3. The van der Waals surface area contributed by atoms with Crippen molar-refractivity contribution in [2.45, 2.75) is 31.7 Å². The maximum absolute atomic E-state index is 12.5. The third kappa shape index (κ3) is 5.17. The highest BCUT2D eigenvalue weighted by atomic mass is 32.2. The van der Waals surface area contributed by atoms with Gasteiger partial charge in [0, 0.05) is 18.3 Å². The summed E-state index contributed by atoms with van der Waals surface area (Å²) in [5.41, 5.74) is 1.90. The van der Waals surface area contributed by atoms with E-state index in [-0.39, 0.29) is 10.8 Å². The molecule has 0 spiro atoms. The van der Waals surface area contributed by atoms with Gasteiger partial charge < -0.3 is 10.6 Å². The van der Waals surface area contributed by atoms with Crippen molar-refractivity contribution in [1.82, 2.24) is 9.71 Å². The van der Waals surface area contributed by atoms with Crippen LogP contribution in [-0.4, -0.2) is 31.3 Å². The summed E-state index contributed by atoms with van der Waals surface area (Å²) in [5.74, 6) is -0.736. The van der Waals surface area contributed by atoms with Crippen molar-refractivity contribution in [3.05, 3.63) is 47.5 Å². The highest BCUT2D eigenvalue weighted by Gasteiger charge is 2.22. The number of hydrogen-bond acceptors (Lipinski definition) is 6. The van der Waals surface area contributed by atoms with E-state index < -0.39 is 22.0 Å². The van der Waals surface area contributed by atoms with E-state index in [4.69, 9.17) is 0 Å². The molecule has 0 unspecified atom stereocenters. The molecule has 0 aliphatic carbocycles. The predicted molar refractivity (Wildman–Crippen MR) is 114 cm³/mol. The minimum absolute atomic E-state index is 0.00666. The fraction of sp³-hybridized carbons (Fsp3) is 0.211. The normalized spacial score (nSPS) is 12.5. The highest BCUT2D eigenvalue weighted by Crippen LogP contribution is 2.25. The molecular weight excluding hydrogens is 412 g/mol. The second kappa shape index (κ2) is 8.27. The standard InChI is InChI=1S/C19H20N4O4S2/c1-11(19(25)22-15-6-9-17-18(10-15)28-13(3)21-17)23-29(26,27)16-7-4-14(5-8-16)20-12(2)24/h4-11,23H,1-3H3,(H,20,24)(H,22,25)/t11-/m0/s1. The molecule has 29 heavy (non-hydrogen) atoms. The van der Waals surface area contributed by atoms with Crippen LogP contribution in [0.25, 0.3) is 10.2 Å². The number of carbonyl (C=O) groups excluding carboxylic acids is 2. The Kier molecular flexibility index (Phi) is 5.96. The second-order valence-electron chi connectivity index (χ2n) is 6.45. The van der Waals surface area contributed by atoms with Gasteiger partial charge in [-0.2, -0.15) is 4.72 Å². The molecule has 0 radical (unpaired) electrons. The molecule has 0 aliphatic rings. The van der Waals surface area contributed by atoms with E-state index in [0.717, 1.165) is 15.2 Å². The molecule has 3 aromatic rings. The Bertz CT molecular complexity index is 1170. The molecule has 1 aromatic heterocycles. The number of rotatable bonds is 6. The molecule has 0 fully saturated rings. The topological polar surface area (TPSA) is 117 Å². The number of benzene rings is 2. The average molecular weight is 433 g/mol. The number of aromatic nitrogens is 1. The Morgan fingerprint density at radius 2 is 1.69 bits per heavy atom. The summed E-state index contributed by atoms with van der Waals surface area (Å²) in [7, 11) is -3.90. The maximum atomic E-state index is 12.5. The minimum Gasteiger partial charge on any atom is -0.326 e. The molecular formula is C19H20N4O4S2. The fourth-order valence-corrected chi connectivity index (χ4v) is 4.71. The quantitative estimate of drug-likeness (QED) is 0.554. The first-order valence-corrected chi connectivity index (χ1v) is 11.0. The summed E-state index contributed by atoms with van der Waals surface area (Å²) in [5, 5.41) is 6.20. The van der Waals surface area contributed by atoms with Crippen LogP contribution in [0.3, 0.4) is 0 Å². The SMILES string of the molecule is CC(=O)Nc1ccc(S(=O)(=O)N[C@@H](C)C(=O)Nc2ccc3nc(C)sc3c2)cc1. The van der Waals surface area contributed by atoms with E-state index >= 15 is 0 Å². The Labute approximate surface area is 172 Å². The molecule has 152 valence electrons. The van der Waals surface area contributed by atoms with Crippen LogP contribution in [0, 0.1) is 6.92 Å². The van der Waals surface area contributed by atoms with Crippen molar-refractivity contribution in [3.8, 4) is 0 Å². The van der Waals surface area contributed by atoms with Gasteiger partial charge in [0.25, 0.3) is 0 Å². The number of aryl methyl sites for hydroxylation is 1. The number of fused-ring (bicyclic) bond motifs is 1. The lowest BCUT2D eigenvalue weighted by atomic mass is 10.2. The van der Waals surface area contributed by atoms with E-state index in [9.17, 15) is 18.0 Å². The van der Waals surface area contributed by atoms with Crippen LogP contribution in [0.15, 0.2) is 47.4 Å². The van der Waals surface area contributed by atoms with Gasteiger partial charge in [-0.05, 0) is 56.3 Å². The van der Waals surface area contributed by atoms with Crippen molar-refractivity contribution in [2.24, 2.45) is 0 Å². The summed E-state index contributed by atoms with van der Waals surface area (Å²) in [6, 6.07) is 10.0. The van der Waals surface area contributed by atoms with E-state index in [2.05, 4.69) is 20.3 Å². The number of anilines is 2. The monoisotopic (exact) mass is 432 g/mol. The molecule has 0 saturated heterocycles. The summed E-state index contributed by atoms with van der Waals surface area (Å²) in [4.78, 5) is 27.8. The van der Waals surface area contributed by atoms with Crippen molar-refractivity contribution >= 4 is 54.8 Å². The number of thiazole rings is 1. The van der Waals surface area contributed by atoms with E-state index in [1.807, 2.05) is 6.92 Å². The lowest BCUT2D eigenvalue weighted by Crippen LogP contribution is -2.41. The number of amides is 2. The summed E-state index contributed by atoms with van der Waals surface area (Å²) in [6.45, 7) is 4.73. The third-order valence-electron chi connectivity index (χ3n) is 3.97. The van der Waals surface area contributed by atoms with Crippen LogP contribution >= 0.6 is 11.3 Å². The molecule has 2 amide bonds. The number of carbonyl (C=O) groups is 2. The summed E-state index contributed by atoms with van der Waals surface area (Å²) in [6.07, 6.45) is 0. The van der Waals surface area contributed by atoms with Gasteiger partial charge in [0.15, 0.2) is 0 Å². The van der Waals surface area contributed by atoms with Gasteiger partial charge in [-0.1, -0.05) is 0 Å². The first-order chi connectivity index (χ1) is 13.6. The van der Waals surface area contributed by atoms with E-state index in [1.165, 1.54) is 49.4 Å². The van der Waals surface area contributed by atoms with Crippen LogP contribution in [0.4, 0.5) is 11.4 Å². The molecule has 8 nitrogen and oxygen atoms in total. The number of sulfonamides is 1. The van der Waals surface area contributed by atoms with Crippen LogP contribution in [0.1, 0.15) is 18.9 Å². The van der Waals surface area contributed by atoms with Gasteiger partial charge in [-0.25, -0.2) is 13.4 Å². The molecule has 1 heterocycles. The van der Waals surface area contributed by atoms with Gasteiger partial charge in [0.05, 0.1) is 26.2 Å². The zero-order chi connectivity index (χ0) is 21.2. The number of nitrogens with one attached hydrogen (secondary N) is 3. The number of hydrogen-bond donors (Lipinski definition) is 3. The molecule has 0 saturated carbocycles. The molecule has 2 aromatic carbocycles. The zero-order valence-electron chi connectivity index (χ0n) is 16.0. The van der Waals surface area contributed by atoms with Crippen LogP contribution in [-0.2, 0) is 19.6 Å². The van der Waals surface area contributed by atoms with Gasteiger partial charge in [-0.3, -0.25) is 9.59 Å². The first-order valence-electron chi connectivity index (χ1n) is 8.72. The molecule has 3 rings (SSSR count). The molecule has 10 heteroatoms. The van der Waals surface area contributed by atoms with Crippen LogP contribution < -0.4 is 15.4 Å². The fourth-order valence-electron chi connectivity index (χ4n) is 2.64. The van der Waals surface area contributed by atoms with Crippen molar-refractivity contribution in [2.75, 3.05) is 10.6 Å². The highest BCUT2D eigenvalue weighted by molar-refractivity contribution is 7.89. The van der Waals surface area contributed by atoms with Crippen LogP contribution in [0.2, 0.25) is 0 Å². The van der Waals surface area contributed by atoms with Gasteiger partial charge >= 0.3 is 0 Å². The van der Waals surface area contributed by atoms with Gasteiger partial charge in [0.1, 0.15) is 0 Å². The maximum Gasteiger partial charge on any atom is 0.242 e. The Hall–Kier alpha value is -2.82. The molecule has 0 bridgehead atoms. The lowest BCUT2D eigenvalue weighted by molar-refractivity contribution is -0.117. The van der Waals surface area contributed by atoms with Crippen molar-refractivity contribution < 1.29 is 18.0 Å². The largest absolute Gasteiger partial charge is 0.326 e. The van der Waals surface area contributed by atoms with E-state index in [0.29, 0.717) is 11.4 Å². The Morgan fingerprint density at radius 3 is 2.34 bits per heavy atom. The summed E-state index contributed by atoms with van der Waals surface area (Å²) >= 11 is 1.51. The second-order valence-corrected chi connectivity index (χ2v) is 9.40. The minimum atomic E-state index is -3.90. The zero-order valence-corrected chi connectivity index (χ0v) is 17.6. The number of nitrogens with zero attached hydrogens (tertiary/aromatic N) is 1. The third-order valence-corrected chi connectivity index (χ3v) is 6.46. The lowest BCUT2D eigenvalue weighted by Gasteiger charge is -2.15. The molecule has 0 aliphatic heterocycles. The average Bonchev–Trinajstić information content (AvgIpc) is 3.00. The predicted octanol–water partition coefficient (Wildman–Crippen LogP) is 2.87. The van der Waals surface area contributed by atoms with E-state index in [1.54, 1.807) is 18.2 Å². The first kappa shape index (κ1) is 20.9. The van der Waals surface area contributed by atoms with Crippen molar-refractivity contribution in [3.63, 3.8) is 0 Å². The molecule has 3 N–H and O–H groups in total. The van der Waals surface area contributed by atoms with Crippen LogP contribution in [0.5, 0.6) is 0 Å².